The molecule has 0 unspecified atom stereocenters. The highest BCUT2D eigenvalue weighted by Crippen LogP contribution is 2.22. The third-order valence-corrected chi connectivity index (χ3v) is 4.32. The number of nitro benzene ring substituents is 1. The maximum atomic E-state index is 12.2. The van der Waals surface area contributed by atoms with E-state index in [0.29, 0.717) is 24.1 Å². The fraction of sp³-hybridized carbons (Fsp3) is 0.211. The molecule has 2 aromatic carbocycles. The maximum Gasteiger partial charge on any atom is 0.269 e. The number of rotatable bonds is 7. The van der Waals surface area contributed by atoms with Gasteiger partial charge in [-0.15, -0.1) is 0 Å². The van der Waals surface area contributed by atoms with E-state index in [2.05, 4.69) is 5.32 Å². The second-order valence-corrected chi connectivity index (χ2v) is 6.08. The molecule has 0 aliphatic carbocycles. The summed E-state index contributed by atoms with van der Waals surface area (Å²) >= 11 is 0. The van der Waals surface area contributed by atoms with Gasteiger partial charge in [-0.25, -0.2) is 0 Å². The highest BCUT2D eigenvalue weighted by Gasteiger charge is 2.34. The predicted octanol–water partition coefficient (Wildman–Crippen LogP) is 1.94. The fourth-order valence-electron chi connectivity index (χ4n) is 2.87. The van der Waals surface area contributed by atoms with Crippen LogP contribution in [0.5, 0.6) is 0 Å². The van der Waals surface area contributed by atoms with Crippen molar-refractivity contribution in [2.24, 2.45) is 0 Å². The first-order valence-corrected chi connectivity index (χ1v) is 8.42. The fourth-order valence-corrected chi connectivity index (χ4v) is 2.87. The van der Waals surface area contributed by atoms with Crippen LogP contribution in [0.1, 0.15) is 32.7 Å². The Morgan fingerprint density at radius 3 is 2.15 bits per heavy atom. The first-order chi connectivity index (χ1) is 13.0. The number of amides is 3. The van der Waals surface area contributed by atoms with Crippen LogP contribution in [0.15, 0.2) is 48.5 Å². The number of carbonyl (C=O) groups excluding carboxylic acids is 3. The molecule has 0 saturated heterocycles. The summed E-state index contributed by atoms with van der Waals surface area (Å²) in [5.41, 5.74) is 1.60. The quantitative estimate of drug-likeness (QED) is 0.457. The van der Waals surface area contributed by atoms with Crippen LogP contribution in [0, 0.1) is 10.1 Å². The number of carbonyl (C=O) groups is 3. The van der Waals surface area contributed by atoms with Crippen molar-refractivity contribution in [3.05, 3.63) is 75.3 Å². The smallest absolute Gasteiger partial charge is 0.269 e. The highest BCUT2D eigenvalue weighted by atomic mass is 16.6. The minimum absolute atomic E-state index is 0.0173. The number of fused-ring (bicyclic) bond motifs is 1. The van der Waals surface area contributed by atoms with E-state index in [4.69, 9.17) is 0 Å². The molecular weight excluding hydrogens is 350 g/mol. The number of imide groups is 1. The lowest BCUT2D eigenvalue weighted by Crippen LogP contribution is -2.35. The summed E-state index contributed by atoms with van der Waals surface area (Å²) in [6, 6.07) is 12.7. The molecule has 0 atom stereocenters. The van der Waals surface area contributed by atoms with E-state index in [-0.39, 0.29) is 36.4 Å². The number of hydrogen-bond acceptors (Lipinski definition) is 5. The molecule has 8 nitrogen and oxygen atoms in total. The first-order valence-electron chi connectivity index (χ1n) is 8.42. The molecule has 1 aliphatic rings. The Morgan fingerprint density at radius 2 is 1.59 bits per heavy atom. The van der Waals surface area contributed by atoms with Crippen molar-refractivity contribution in [2.75, 3.05) is 13.1 Å². The van der Waals surface area contributed by atoms with Crippen LogP contribution < -0.4 is 5.32 Å². The number of hydrogen-bond donors (Lipinski definition) is 1. The Hall–Kier alpha value is -3.55. The van der Waals surface area contributed by atoms with Gasteiger partial charge in [0, 0.05) is 31.6 Å². The Morgan fingerprint density at radius 1 is 1.00 bits per heavy atom. The molecule has 1 N–H and O–H groups in total. The molecule has 3 rings (SSSR count). The van der Waals surface area contributed by atoms with E-state index in [0.717, 1.165) is 10.5 Å². The number of nitro groups is 1. The van der Waals surface area contributed by atoms with Gasteiger partial charge in [0.25, 0.3) is 17.5 Å². The number of nitrogens with zero attached hydrogens (tertiary/aromatic N) is 2. The molecule has 2 aromatic rings. The van der Waals surface area contributed by atoms with Crippen molar-refractivity contribution in [1.82, 2.24) is 10.2 Å². The molecule has 138 valence electrons. The average molecular weight is 367 g/mol. The van der Waals surface area contributed by atoms with Crippen LogP contribution >= 0.6 is 0 Å². The Balaban J connectivity index is 1.45. The number of nitrogens with one attached hydrogen (secondary N) is 1. The largest absolute Gasteiger partial charge is 0.356 e. The van der Waals surface area contributed by atoms with Gasteiger partial charge in [-0.1, -0.05) is 24.3 Å². The molecule has 0 bridgehead atoms. The van der Waals surface area contributed by atoms with E-state index in [9.17, 15) is 24.5 Å². The highest BCUT2D eigenvalue weighted by molar-refractivity contribution is 6.21. The summed E-state index contributed by atoms with van der Waals surface area (Å²) in [5.74, 6) is -1.03. The summed E-state index contributed by atoms with van der Waals surface area (Å²) in [7, 11) is 0. The van der Waals surface area contributed by atoms with Crippen LogP contribution in [0.25, 0.3) is 0 Å². The van der Waals surface area contributed by atoms with Crippen molar-refractivity contribution < 1.29 is 19.3 Å². The van der Waals surface area contributed by atoms with Crippen molar-refractivity contribution in [3.63, 3.8) is 0 Å². The lowest BCUT2D eigenvalue weighted by Gasteiger charge is -2.13. The van der Waals surface area contributed by atoms with Gasteiger partial charge >= 0.3 is 0 Å². The summed E-state index contributed by atoms with van der Waals surface area (Å²) in [6.07, 6.45) is 0.544. The molecule has 0 spiro atoms. The summed E-state index contributed by atoms with van der Waals surface area (Å²) in [6.45, 7) is 0.383. The van der Waals surface area contributed by atoms with Crippen LogP contribution in [-0.4, -0.2) is 40.6 Å². The maximum absolute atomic E-state index is 12.2. The van der Waals surface area contributed by atoms with Crippen LogP contribution in [0.2, 0.25) is 0 Å². The van der Waals surface area contributed by atoms with E-state index in [1.807, 2.05) is 0 Å². The summed E-state index contributed by atoms with van der Waals surface area (Å²) < 4.78 is 0. The lowest BCUT2D eigenvalue weighted by molar-refractivity contribution is -0.384. The third-order valence-electron chi connectivity index (χ3n) is 4.32. The second-order valence-electron chi connectivity index (χ2n) is 6.08. The first kappa shape index (κ1) is 18.2. The second kappa shape index (κ2) is 7.77. The summed E-state index contributed by atoms with van der Waals surface area (Å²) in [4.78, 5) is 47.6. The van der Waals surface area contributed by atoms with Gasteiger partial charge in [-0.3, -0.25) is 29.4 Å². The molecule has 1 heterocycles. The zero-order valence-electron chi connectivity index (χ0n) is 14.4. The van der Waals surface area contributed by atoms with Gasteiger partial charge in [0.2, 0.25) is 5.91 Å². The molecule has 0 fully saturated rings. The van der Waals surface area contributed by atoms with Crippen LogP contribution in [0.4, 0.5) is 5.69 Å². The van der Waals surface area contributed by atoms with Crippen molar-refractivity contribution in [1.29, 1.82) is 0 Å². The Bertz CT molecular complexity index is 873. The molecule has 1 aliphatic heterocycles. The SMILES string of the molecule is O=C(CCN1C(=O)c2ccccc2C1=O)NCCc1ccc([N+](=O)[O-])cc1. The Labute approximate surface area is 154 Å². The minimum Gasteiger partial charge on any atom is -0.356 e. The molecule has 3 amide bonds. The van der Waals surface area contributed by atoms with E-state index >= 15 is 0 Å². The van der Waals surface area contributed by atoms with Gasteiger partial charge < -0.3 is 5.32 Å². The van der Waals surface area contributed by atoms with Gasteiger partial charge in [-0.2, -0.15) is 0 Å². The Kier molecular flexibility index (Phi) is 5.25. The van der Waals surface area contributed by atoms with Gasteiger partial charge in [-0.05, 0) is 24.1 Å². The summed E-state index contributed by atoms with van der Waals surface area (Å²) in [5, 5.41) is 13.3. The molecular formula is C19H17N3O5. The predicted molar refractivity (Wildman–Crippen MR) is 96.2 cm³/mol. The van der Waals surface area contributed by atoms with Crippen molar-refractivity contribution in [2.45, 2.75) is 12.8 Å². The van der Waals surface area contributed by atoms with Gasteiger partial charge in [0.1, 0.15) is 0 Å². The molecule has 0 aromatic heterocycles. The number of benzene rings is 2. The average Bonchev–Trinajstić information content (AvgIpc) is 2.91. The standard InChI is InChI=1S/C19H17N3O5/c23-17(20-11-9-13-5-7-14(8-6-13)22(26)27)10-12-21-18(24)15-3-1-2-4-16(15)19(21)25/h1-8H,9-12H2,(H,20,23). The normalized spacial score (nSPS) is 12.8. The topological polar surface area (TPSA) is 110 Å². The third kappa shape index (κ3) is 4.00. The van der Waals surface area contributed by atoms with Gasteiger partial charge in [0.05, 0.1) is 16.1 Å². The molecule has 27 heavy (non-hydrogen) atoms. The van der Waals surface area contributed by atoms with Gasteiger partial charge in [0.15, 0.2) is 0 Å². The van der Waals surface area contributed by atoms with Crippen LogP contribution in [0.3, 0.4) is 0 Å². The minimum atomic E-state index is -0.467. The van der Waals surface area contributed by atoms with E-state index < -0.39 is 4.92 Å². The lowest BCUT2D eigenvalue weighted by atomic mass is 10.1. The van der Waals surface area contributed by atoms with E-state index in [1.54, 1.807) is 36.4 Å². The molecule has 0 radical (unpaired) electrons. The van der Waals surface area contributed by atoms with Crippen LogP contribution in [-0.2, 0) is 11.2 Å². The van der Waals surface area contributed by atoms with E-state index in [1.165, 1.54) is 12.1 Å². The van der Waals surface area contributed by atoms with Crippen molar-refractivity contribution in [3.8, 4) is 0 Å². The zero-order valence-corrected chi connectivity index (χ0v) is 14.4. The monoisotopic (exact) mass is 367 g/mol. The molecule has 8 heteroatoms. The molecule has 0 saturated carbocycles. The van der Waals surface area contributed by atoms with Crippen molar-refractivity contribution >= 4 is 23.4 Å². The number of non-ortho nitro benzene ring substituents is 1. The zero-order chi connectivity index (χ0) is 19.4.